The fourth-order valence-corrected chi connectivity index (χ4v) is 2.87. The number of hydrogen-bond donors (Lipinski definition) is 2. The van der Waals surface area contributed by atoms with E-state index in [0.29, 0.717) is 12.1 Å². The van der Waals surface area contributed by atoms with Gasteiger partial charge in [-0.3, -0.25) is 9.89 Å². The summed E-state index contributed by atoms with van der Waals surface area (Å²) in [6.07, 6.45) is 1.91. The van der Waals surface area contributed by atoms with Crippen LogP contribution in [0, 0.1) is 13.8 Å². The molecule has 0 spiro atoms. The predicted molar refractivity (Wildman–Crippen MR) is 76.7 cm³/mol. The summed E-state index contributed by atoms with van der Waals surface area (Å²) in [6, 6.07) is 0.208. The van der Waals surface area contributed by atoms with E-state index >= 15 is 0 Å². The number of aromatic amines is 1. The number of carbonyl (C=O) groups excluding carboxylic acids is 1. The van der Waals surface area contributed by atoms with Gasteiger partial charge in [-0.15, -0.1) is 0 Å². The summed E-state index contributed by atoms with van der Waals surface area (Å²) in [6.45, 7) is 6.05. The number of carbonyl (C=O) groups is 1. The van der Waals surface area contributed by atoms with Gasteiger partial charge in [0.1, 0.15) is 0 Å². The monoisotopic (exact) mass is 280 g/mol. The fraction of sp³-hybridized carbons (Fsp3) is 0.714. The van der Waals surface area contributed by atoms with Crippen molar-refractivity contribution in [3.05, 3.63) is 17.0 Å². The summed E-state index contributed by atoms with van der Waals surface area (Å²) < 4.78 is 0. The number of hydrogen-bond acceptors (Lipinski definition) is 4. The van der Waals surface area contributed by atoms with Crippen LogP contribution in [0.4, 0.5) is 0 Å². The molecule has 1 aliphatic heterocycles. The summed E-state index contributed by atoms with van der Waals surface area (Å²) in [7, 11) is 2.10. The van der Waals surface area contributed by atoms with E-state index in [-0.39, 0.29) is 18.6 Å². The van der Waals surface area contributed by atoms with Crippen LogP contribution in [0.5, 0.6) is 0 Å². The summed E-state index contributed by atoms with van der Waals surface area (Å²) in [4.78, 5) is 16.8. The Bertz CT molecular complexity index is 444. The average Bonchev–Trinajstić information content (AvgIpc) is 2.76. The molecule has 20 heavy (non-hydrogen) atoms. The molecule has 1 aliphatic rings. The number of aromatic nitrogens is 2. The number of piperidine rings is 1. The highest BCUT2D eigenvalue weighted by Crippen LogP contribution is 2.20. The lowest BCUT2D eigenvalue weighted by molar-refractivity contribution is 0.0538. The van der Waals surface area contributed by atoms with Gasteiger partial charge in [0, 0.05) is 18.3 Å². The van der Waals surface area contributed by atoms with Crippen molar-refractivity contribution >= 4 is 5.91 Å². The van der Waals surface area contributed by atoms with Gasteiger partial charge in [0.2, 0.25) is 0 Å². The molecule has 1 amide bonds. The maximum atomic E-state index is 12.8. The van der Waals surface area contributed by atoms with Crippen molar-refractivity contribution in [1.82, 2.24) is 20.0 Å². The van der Waals surface area contributed by atoms with E-state index in [4.69, 9.17) is 0 Å². The van der Waals surface area contributed by atoms with E-state index in [1.807, 2.05) is 18.7 Å². The molecule has 6 nitrogen and oxygen atoms in total. The van der Waals surface area contributed by atoms with Crippen molar-refractivity contribution in [2.75, 3.05) is 33.3 Å². The maximum absolute atomic E-state index is 12.8. The summed E-state index contributed by atoms with van der Waals surface area (Å²) in [5.74, 6) is -0.0163. The lowest BCUT2D eigenvalue weighted by atomic mass is 10.0. The second kappa shape index (κ2) is 6.37. The van der Waals surface area contributed by atoms with Gasteiger partial charge in [-0.05, 0) is 46.8 Å². The van der Waals surface area contributed by atoms with Gasteiger partial charge >= 0.3 is 0 Å². The molecule has 1 aromatic rings. The SMILES string of the molecule is Cc1n[nH]c(C)c1C(=O)N(CCO)C1CCN(C)CC1. The first-order chi connectivity index (χ1) is 9.54. The molecule has 0 saturated carbocycles. The summed E-state index contributed by atoms with van der Waals surface area (Å²) in [5, 5.41) is 16.2. The van der Waals surface area contributed by atoms with E-state index in [9.17, 15) is 9.90 Å². The van der Waals surface area contributed by atoms with Gasteiger partial charge < -0.3 is 14.9 Å². The van der Waals surface area contributed by atoms with E-state index in [1.54, 1.807) is 0 Å². The highest BCUT2D eigenvalue weighted by Gasteiger charge is 2.29. The Balaban J connectivity index is 2.18. The molecule has 6 heteroatoms. The van der Waals surface area contributed by atoms with Gasteiger partial charge in [-0.2, -0.15) is 5.10 Å². The number of H-pyrrole nitrogens is 1. The zero-order valence-corrected chi connectivity index (χ0v) is 12.5. The minimum atomic E-state index is -0.0163. The number of rotatable bonds is 4. The molecule has 112 valence electrons. The van der Waals surface area contributed by atoms with Gasteiger partial charge in [0.25, 0.3) is 5.91 Å². The molecule has 0 aromatic carbocycles. The van der Waals surface area contributed by atoms with E-state index in [0.717, 1.165) is 37.3 Å². The third-order valence-electron chi connectivity index (χ3n) is 4.07. The van der Waals surface area contributed by atoms with Gasteiger partial charge in [0.05, 0.1) is 17.9 Å². The molecule has 2 heterocycles. The lowest BCUT2D eigenvalue weighted by Crippen LogP contribution is -2.47. The molecule has 0 aliphatic carbocycles. The maximum Gasteiger partial charge on any atom is 0.257 e. The van der Waals surface area contributed by atoms with Crippen molar-refractivity contribution in [1.29, 1.82) is 0 Å². The van der Waals surface area contributed by atoms with Crippen molar-refractivity contribution in [2.45, 2.75) is 32.7 Å². The number of aliphatic hydroxyl groups excluding tert-OH is 1. The molecule has 0 bridgehead atoms. The largest absolute Gasteiger partial charge is 0.395 e. The Hall–Kier alpha value is -1.40. The standard InChI is InChI=1S/C14H24N4O2/c1-10-13(11(2)16-15-10)14(20)18(8-9-19)12-4-6-17(3)7-5-12/h12,19H,4-9H2,1-3H3,(H,15,16). The number of nitrogens with one attached hydrogen (secondary N) is 1. The molecule has 2 rings (SSSR count). The first kappa shape index (κ1) is 15.0. The van der Waals surface area contributed by atoms with Crippen LogP contribution in [0.25, 0.3) is 0 Å². The van der Waals surface area contributed by atoms with Crippen molar-refractivity contribution in [3.8, 4) is 0 Å². The van der Waals surface area contributed by atoms with Gasteiger partial charge in [-0.1, -0.05) is 0 Å². The average molecular weight is 280 g/mol. The number of aliphatic hydroxyl groups is 1. The Morgan fingerprint density at radius 1 is 1.45 bits per heavy atom. The summed E-state index contributed by atoms with van der Waals surface area (Å²) >= 11 is 0. The molecule has 2 N–H and O–H groups in total. The van der Waals surface area contributed by atoms with E-state index in [2.05, 4.69) is 22.1 Å². The third kappa shape index (κ3) is 3.02. The van der Waals surface area contributed by atoms with Crippen LogP contribution in [0.1, 0.15) is 34.6 Å². The van der Waals surface area contributed by atoms with Crippen LogP contribution in [-0.4, -0.2) is 70.3 Å². The number of nitrogens with zero attached hydrogens (tertiary/aromatic N) is 3. The topological polar surface area (TPSA) is 72.5 Å². The smallest absolute Gasteiger partial charge is 0.257 e. The highest BCUT2D eigenvalue weighted by molar-refractivity contribution is 5.96. The molecule has 1 fully saturated rings. The van der Waals surface area contributed by atoms with Crippen LogP contribution < -0.4 is 0 Å². The first-order valence-electron chi connectivity index (χ1n) is 7.16. The van der Waals surface area contributed by atoms with Crippen LogP contribution in [0.15, 0.2) is 0 Å². The molecule has 1 aromatic heterocycles. The predicted octanol–water partition coefficient (Wildman–Crippen LogP) is 0.555. The Kier molecular flexibility index (Phi) is 4.77. The molecule has 0 atom stereocenters. The molecular formula is C14H24N4O2. The van der Waals surface area contributed by atoms with Gasteiger partial charge in [-0.25, -0.2) is 0 Å². The van der Waals surface area contributed by atoms with Gasteiger partial charge in [0.15, 0.2) is 0 Å². The second-order valence-electron chi connectivity index (χ2n) is 5.57. The molecule has 0 unspecified atom stereocenters. The molecule has 1 saturated heterocycles. The Morgan fingerprint density at radius 2 is 2.10 bits per heavy atom. The fourth-order valence-electron chi connectivity index (χ4n) is 2.87. The minimum absolute atomic E-state index is 0.00593. The van der Waals surface area contributed by atoms with Crippen LogP contribution in [0.3, 0.4) is 0 Å². The zero-order chi connectivity index (χ0) is 14.7. The zero-order valence-electron chi connectivity index (χ0n) is 12.5. The van der Waals surface area contributed by atoms with Crippen LogP contribution in [-0.2, 0) is 0 Å². The van der Waals surface area contributed by atoms with Crippen molar-refractivity contribution in [3.63, 3.8) is 0 Å². The lowest BCUT2D eigenvalue weighted by Gasteiger charge is -2.37. The molecule has 0 radical (unpaired) electrons. The second-order valence-corrected chi connectivity index (χ2v) is 5.57. The number of aryl methyl sites for hydroxylation is 2. The van der Waals surface area contributed by atoms with Crippen molar-refractivity contribution < 1.29 is 9.90 Å². The minimum Gasteiger partial charge on any atom is -0.395 e. The first-order valence-corrected chi connectivity index (χ1v) is 7.16. The van der Waals surface area contributed by atoms with Crippen molar-refractivity contribution in [2.24, 2.45) is 0 Å². The van der Waals surface area contributed by atoms with E-state index < -0.39 is 0 Å². The number of amides is 1. The van der Waals surface area contributed by atoms with Crippen LogP contribution in [0.2, 0.25) is 0 Å². The summed E-state index contributed by atoms with van der Waals surface area (Å²) in [5.41, 5.74) is 2.17. The normalized spacial score (nSPS) is 17.4. The quantitative estimate of drug-likeness (QED) is 0.845. The molecular weight excluding hydrogens is 256 g/mol. The van der Waals surface area contributed by atoms with E-state index in [1.165, 1.54) is 0 Å². The highest BCUT2D eigenvalue weighted by atomic mass is 16.3. The van der Waals surface area contributed by atoms with Crippen LogP contribution >= 0.6 is 0 Å². The number of likely N-dealkylation sites (tertiary alicyclic amines) is 1. The Morgan fingerprint density at radius 3 is 2.60 bits per heavy atom. The Labute approximate surface area is 119 Å². The third-order valence-corrected chi connectivity index (χ3v) is 4.07.